The Balaban J connectivity index is 1.37. The first-order valence-electron chi connectivity index (χ1n) is 11.5. The number of hydrogen-bond acceptors (Lipinski definition) is 5. The van der Waals surface area contributed by atoms with E-state index in [2.05, 4.69) is 43.6 Å². The van der Waals surface area contributed by atoms with Crippen molar-refractivity contribution in [3.63, 3.8) is 0 Å². The van der Waals surface area contributed by atoms with E-state index in [4.69, 9.17) is 4.98 Å². The first-order valence-corrected chi connectivity index (χ1v) is 12.7. The zero-order valence-electron chi connectivity index (χ0n) is 19.1. The van der Waals surface area contributed by atoms with Crippen LogP contribution in [0.2, 0.25) is 0 Å². The van der Waals surface area contributed by atoms with Gasteiger partial charge in [0.25, 0.3) is 0 Å². The Labute approximate surface area is 202 Å². The number of fused-ring (bicyclic) bond motifs is 1. The van der Waals surface area contributed by atoms with Gasteiger partial charge in [-0.3, -0.25) is 4.40 Å². The Kier molecular flexibility index (Phi) is 5.23. The third kappa shape index (κ3) is 3.81. The van der Waals surface area contributed by atoms with Crippen LogP contribution in [0.15, 0.2) is 72.1 Å². The zero-order chi connectivity index (χ0) is 23.2. The minimum absolute atomic E-state index is 0.489. The molecule has 7 heteroatoms. The van der Waals surface area contributed by atoms with E-state index >= 15 is 0 Å². The van der Waals surface area contributed by atoms with E-state index in [9.17, 15) is 5.11 Å². The predicted octanol–water partition coefficient (Wildman–Crippen LogP) is 6.11. The summed E-state index contributed by atoms with van der Waals surface area (Å²) >= 11 is 1.59. The van der Waals surface area contributed by atoms with Crippen molar-refractivity contribution in [3.05, 3.63) is 78.5 Å². The molecular weight excluding hydrogens is 442 g/mol. The quantitative estimate of drug-likeness (QED) is 0.295. The molecule has 1 saturated carbocycles. The van der Waals surface area contributed by atoms with Gasteiger partial charge in [-0.15, -0.1) is 11.8 Å². The number of benzene rings is 2. The highest BCUT2D eigenvalue weighted by atomic mass is 32.2. The summed E-state index contributed by atoms with van der Waals surface area (Å²) < 4.78 is 2.12. The van der Waals surface area contributed by atoms with Crippen LogP contribution < -0.4 is 0 Å². The Hall–Kier alpha value is -3.42. The average molecular weight is 468 g/mol. The molecule has 0 bridgehead atoms. The summed E-state index contributed by atoms with van der Waals surface area (Å²) in [5.74, 6) is 1.72. The number of rotatable bonds is 6. The SMILES string of the molecule is CSc1nc(-c2ccc([C@H](C)O)cc2)cn2c(-c3ccc(-c4cnc(C5CC5)[nH]4)cc3)cnc12. The number of H-pyrrole nitrogens is 1. The number of thioether (sulfide) groups is 1. The monoisotopic (exact) mass is 467 g/mol. The summed E-state index contributed by atoms with van der Waals surface area (Å²) in [4.78, 5) is 17.6. The summed E-state index contributed by atoms with van der Waals surface area (Å²) in [6, 6.07) is 16.4. The van der Waals surface area contributed by atoms with E-state index in [0.29, 0.717) is 5.92 Å². The lowest BCUT2D eigenvalue weighted by atomic mass is 10.1. The molecule has 1 aliphatic rings. The molecule has 6 nitrogen and oxygen atoms in total. The first kappa shape index (κ1) is 21.1. The fraction of sp³-hybridized carbons (Fsp3) is 0.222. The summed E-state index contributed by atoms with van der Waals surface area (Å²) in [6.45, 7) is 1.77. The Morgan fingerprint density at radius 3 is 2.35 bits per heavy atom. The topological polar surface area (TPSA) is 79.1 Å². The molecular formula is C27H25N5OS. The van der Waals surface area contributed by atoms with Gasteiger partial charge in [-0.2, -0.15) is 0 Å². The maximum Gasteiger partial charge on any atom is 0.170 e. The third-order valence-electron chi connectivity index (χ3n) is 6.39. The van der Waals surface area contributed by atoms with Gasteiger partial charge in [-0.25, -0.2) is 15.0 Å². The third-order valence-corrected chi connectivity index (χ3v) is 7.06. The van der Waals surface area contributed by atoms with Gasteiger partial charge in [0, 0.05) is 23.2 Å². The molecule has 0 saturated heterocycles. The maximum absolute atomic E-state index is 9.83. The highest BCUT2D eigenvalue weighted by molar-refractivity contribution is 7.98. The van der Waals surface area contributed by atoms with Crippen molar-refractivity contribution < 1.29 is 5.11 Å². The lowest BCUT2D eigenvalue weighted by Crippen LogP contribution is -1.97. The lowest BCUT2D eigenvalue weighted by molar-refractivity contribution is 0.199. The van der Waals surface area contributed by atoms with Gasteiger partial charge < -0.3 is 10.1 Å². The molecule has 3 heterocycles. The Morgan fingerprint density at radius 1 is 0.971 bits per heavy atom. The van der Waals surface area contributed by atoms with Crippen LogP contribution in [0.1, 0.15) is 43.2 Å². The van der Waals surface area contributed by atoms with Crippen LogP contribution in [0.4, 0.5) is 0 Å². The average Bonchev–Trinajstić information content (AvgIpc) is 3.44. The molecule has 170 valence electrons. The van der Waals surface area contributed by atoms with Gasteiger partial charge in [0.1, 0.15) is 10.9 Å². The number of imidazole rings is 2. The van der Waals surface area contributed by atoms with E-state index in [1.54, 1.807) is 18.7 Å². The largest absolute Gasteiger partial charge is 0.389 e. The molecule has 0 aliphatic heterocycles. The van der Waals surface area contributed by atoms with Crippen molar-refractivity contribution in [2.75, 3.05) is 6.26 Å². The van der Waals surface area contributed by atoms with Crippen LogP contribution in [-0.4, -0.2) is 35.7 Å². The van der Waals surface area contributed by atoms with E-state index in [1.807, 2.05) is 49.1 Å². The Morgan fingerprint density at radius 2 is 1.68 bits per heavy atom. The van der Waals surface area contributed by atoms with E-state index in [-0.39, 0.29) is 0 Å². The van der Waals surface area contributed by atoms with Crippen LogP contribution >= 0.6 is 11.8 Å². The van der Waals surface area contributed by atoms with Crippen molar-refractivity contribution in [2.45, 2.75) is 36.8 Å². The number of aliphatic hydroxyl groups is 1. The predicted molar refractivity (Wildman–Crippen MR) is 136 cm³/mol. The fourth-order valence-corrected chi connectivity index (χ4v) is 4.77. The summed E-state index contributed by atoms with van der Waals surface area (Å²) in [7, 11) is 0. The molecule has 0 unspecified atom stereocenters. The minimum atomic E-state index is -0.489. The second-order valence-corrected chi connectivity index (χ2v) is 9.60. The summed E-state index contributed by atoms with van der Waals surface area (Å²) in [5, 5.41) is 10.7. The first-order chi connectivity index (χ1) is 16.6. The smallest absolute Gasteiger partial charge is 0.170 e. The van der Waals surface area contributed by atoms with Crippen molar-refractivity contribution in [1.29, 1.82) is 0 Å². The molecule has 1 aliphatic carbocycles. The zero-order valence-corrected chi connectivity index (χ0v) is 19.9. The van der Waals surface area contributed by atoms with E-state index < -0.39 is 6.10 Å². The molecule has 3 aromatic heterocycles. The second-order valence-electron chi connectivity index (χ2n) is 8.80. The van der Waals surface area contributed by atoms with Gasteiger partial charge in [-0.05, 0) is 37.1 Å². The number of aromatic nitrogens is 5. The molecule has 0 radical (unpaired) electrons. The fourth-order valence-electron chi connectivity index (χ4n) is 4.25. The molecule has 1 fully saturated rings. The highest BCUT2D eigenvalue weighted by Gasteiger charge is 2.26. The van der Waals surface area contributed by atoms with Gasteiger partial charge in [-0.1, -0.05) is 48.5 Å². The molecule has 6 rings (SSSR count). The van der Waals surface area contributed by atoms with Crippen LogP contribution in [-0.2, 0) is 0 Å². The number of aromatic amines is 1. The molecule has 0 amide bonds. The van der Waals surface area contributed by atoms with Crippen LogP contribution in [0.3, 0.4) is 0 Å². The van der Waals surface area contributed by atoms with E-state index in [0.717, 1.165) is 55.8 Å². The number of nitrogens with one attached hydrogen (secondary N) is 1. The van der Waals surface area contributed by atoms with Crippen molar-refractivity contribution in [1.82, 2.24) is 24.3 Å². The normalized spacial score (nSPS) is 14.6. The van der Waals surface area contributed by atoms with Gasteiger partial charge in [0.05, 0.1) is 35.6 Å². The van der Waals surface area contributed by atoms with E-state index in [1.165, 1.54) is 12.8 Å². The highest BCUT2D eigenvalue weighted by Crippen LogP contribution is 2.39. The van der Waals surface area contributed by atoms with Crippen molar-refractivity contribution >= 4 is 17.4 Å². The number of aliphatic hydroxyl groups excluding tert-OH is 1. The van der Waals surface area contributed by atoms with Crippen LogP contribution in [0, 0.1) is 0 Å². The standard InChI is InChI=1S/C27H25N5OS/c1-16(33)17-3-5-19(6-4-17)23-15-32-24(14-29-26(32)27(31-23)34-2)20-9-7-18(8-10-20)22-13-28-25(30-22)21-11-12-21/h3-10,13-16,21,33H,11-12H2,1-2H3,(H,28,30)/t16-/m0/s1. The number of hydrogen-bond donors (Lipinski definition) is 2. The molecule has 0 spiro atoms. The Bertz CT molecular complexity index is 1460. The molecule has 5 aromatic rings. The van der Waals surface area contributed by atoms with Crippen molar-refractivity contribution in [3.8, 4) is 33.8 Å². The van der Waals surface area contributed by atoms with Crippen molar-refractivity contribution in [2.24, 2.45) is 0 Å². The molecule has 2 N–H and O–H groups in total. The molecule has 34 heavy (non-hydrogen) atoms. The van der Waals surface area contributed by atoms with Crippen LogP contribution in [0.5, 0.6) is 0 Å². The summed E-state index contributed by atoms with van der Waals surface area (Å²) in [5.41, 5.74) is 7.90. The second kappa shape index (κ2) is 8.42. The van der Waals surface area contributed by atoms with Gasteiger partial charge in [0.15, 0.2) is 5.65 Å². The lowest BCUT2D eigenvalue weighted by Gasteiger charge is -2.10. The molecule has 2 aromatic carbocycles. The molecule has 1 atom stereocenters. The summed E-state index contributed by atoms with van der Waals surface area (Å²) in [6.07, 6.45) is 9.89. The van der Waals surface area contributed by atoms with Crippen LogP contribution in [0.25, 0.3) is 39.4 Å². The number of nitrogens with zero attached hydrogens (tertiary/aromatic N) is 4. The van der Waals surface area contributed by atoms with Gasteiger partial charge >= 0.3 is 0 Å². The van der Waals surface area contributed by atoms with Gasteiger partial charge in [0.2, 0.25) is 0 Å². The minimum Gasteiger partial charge on any atom is -0.389 e. The maximum atomic E-state index is 9.83.